The van der Waals surface area contributed by atoms with E-state index in [1.54, 1.807) is 7.11 Å². The molecule has 3 N–H and O–H groups in total. The molecule has 1 aliphatic heterocycles. The van der Waals surface area contributed by atoms with Gasteiger partial charge in [-0.2, -0.15) is 4.98 Å². The maximum atomic E-state index is 13.2. The summed E-state index contributed by atoms with van der Waals surface area (Å²) >= 11 is 0. The van der Waals surface area contributed by atoms with Gasteiger partial charge in [0.1, 0.15) is 11.3 Å². The Balaban J connectivity index is 1.75. The highest BCUT2D eigenvalue weighted by Gasteiger charge is 2.39. The highest BCUT2D eigenvalue weighted by atomic mass is 16.5. The van der Waals surface area contributed by atoms with Crippen molar-refractivity contribution in [2.45, 2.75) is 53.1 Å². The van der Waals surface area contributed by atoms with Crippen LogP contribution < -0.4 is 25.6 Å². The Bertz CT molecular complexity index is 1440. The maximum absolute atomic E-state index is 13.2. The van der Waals surface area contributed by atoms with E-state index >= 15 is 0 Å². The van der Waals surface area contributed by atoms with E-state index in [4.69, 9.17) is 25.2 Å². The lowest BCUT2D eigenvalue weighted by molar-refractivity contribution is 0.0378. The number of aromatic nitrogens is 3. The summed E-state index contributed by atoms with van der Waals surface area (Å²) in [6.07, 6.45) is 1.22. The van der Waals surface area contributed by atoms with Gasteiger partial charge in [-0.25, -0.2) is 9.78 Å². The molecular formula is C31H44N8O3. The van der Waals surface area contributed by atoms with E-state index in [0.717, 1.165) is 42.4 Å². The van der Waals surface area contributed by atoms with E-state index in [9.17, 15) is 4.79 Å². The molecule has 0 saturated carbocycles. The first-order valence-corrected chi connectivity index (χ1v) is 14.3. The van der Waals surface area contributed by atoms with Crippen LogP contribution in [0.25, 0.3) is 0 Å². The molecule has 1 aliphatic rings. The van der Waals surface area contributed by atoms with Gasteiger partial charge in [0.05, 0.1) is 41.7 Å². The molecule has 0 amide bonds. The molecule has 4 rings (SSSR count). The van der Waals surface area contributed by atoms with E-state index in [2.05, 4.69) is 40.9 Å². The molecule has 0 radical (unpaired) electrons. The molecule has 3 aromatic rings. The summed E-state index contributed by atoms with van der Waals surface area (Å²) in [5.41, 5.74) is 11.5. The number of fused-ring (bicyclic) bond motifs is 1. The first-order valence-electron chi connectivity index (χ1n) is 14.3. The van der Waals surface area contributed by atoms with Crippen molar-refractivity contribution >= 4 is 40.5 Å². The summed E-state index contributed by atoms with van der Waals surface area (Å²) in [4.78, 5) is 33.7. The Morgan fingerprint density at radius 1 is 1.19 bits per heavy atom. The Morgan fingerprint density at radius 2 is 1.93 bits per heavy atom. The number of nitrogens with one attached hydrogen (secondary N) is 1. The first kappa shape index (κ1) is 30.8. The molecular weight excluding hydrogens is 532 g/mol. The van der Waals surface area contributed by atoms with Gasteiger partial charge in [0.2, 0.25) is 5.95 Å². The van der Waals surface area contributed by atoms with Crippen LogP contribution in [-0.4, -0.2) is 79.3 Å². The monoisotopic (exact) mass is 576 g/mol. The molecule has 0 bridgehead atoms. The van der Waals surface area contributed by atoms with E-state index in [1.807, 2.05) is 64.0 Å². The minimum absolute atomic E-state index is 0.260. The van der Waals surface area contributed by atoms with Crippen LogP contribution in [0.5, 0.6) is 5.75 Å². The highest BCUT2D eigenvalue weighted by Crippen LogP contribution is 2.44. The molecule has 42 heavy (non-hydrogen) atoms. The number of ether oxygens (including phenoxy) is 2. The average molecular weight is 577 g/mol. The fraction of sp³-hybridized carbons (Fsp3) is 0.484. The van der Waals surface area contributed by atoms with E-state index in [-0.39, 0.29) is 17.1 Å². The summed E-state index contributed by atoms with van der Waals surface area (Å²) in [5, 5.41) is 3.27. The number of aryl methyl sites for hydroxylation is 1. The predicted octanol–water partition coefficient (Wildman–Crippen LogP) is 4.90. The number of rotatable bonds is 11. The van der Waals surface area contributed by atoms with Crippen LogP contribution in [0.15, 0.2) is 30.5 Å². The number of hydrogen-bond acceptors (Lipinski definition) is 11. The number of carbonyl (C=O) groups is 1. The number of benzene rings is 1. The molecule has 3 heterocycles. The Morgan fingerprint density at radius 3 is 2.57 bits per heavy atom. The van der Waals surface area contributed by atoms with Gasteiger partial charge in [0.25, 0.3) is 0 Å². The molecule has 0 unspecified atom stereocenters. The van der Waals surface area contributed by atoms with Crippen molar-refractivity contribution in [2.75, 3.05) is 68.2 Å². The summed E-state index contributed by atoms with van der Waals surface area (Å²) in [7, 11) is 5.71. The second kappa shape index (κ2) is 12.4. The largest absolute Gasteiger partial charge is 0.494 e. The number of nitrogens with zero attached hydrogens (tertiary/aromatic N) is 6. The van der Waals surface area contributed by atoms with Gasteiger partial charge >= 0.3 is 5.97 Å². The second-order valence-electron chi connectivity index (χ2n) is 11.8. The van der Waals surface area contributed by atoms with E-state index in [0.29, 0.717) is 35.4 Å². The van der Waals surface area contributed by atoms with Crippen molar-refractivity contribution in [1.82, 2.24) is 19.9 Å². The minimum atomic E-state index is -0.485. The number of pyridine rings is 1. The SMILES string of the molecule is CCN(CCN(C)C)c1cc(OC)c(Nc2ncc(C(=O)OC(C)C)c(N3CC(C)(C)c4nc(C)ccc43)n2)cc1N. The van der Waals surface area contributed by atoms with Gasteiger partial charge in [0, 0.05) is 49.6 Å². The van der Waals surface area contributed by atoms with Crippen LogP contribution >= 0.6 is 0 Å². The zero-order chi connectivity index (χ0) is 30.8. The van der Waals surface area contributed by atoms with Crippen LogP contribution in [0.2, 0.25) is 0 Å². The highest BCUT2D eigenvalue weighted by molar-refractivity contribution is 5.96. The summed E-state index contributed by atoms with van der Waals surface area (Å²) < 4.78 is 11.3. The summed E-state index contributed by atoms with van der Waals surface area (Å²) in [6.45, 7) is 15.1. The quantitative estimate of drug-likeness (QED) is 0.239. The number of hydrogen-bond donors (Lipinski definition) is 2. The normalized spacial score (nSPS) is 13.8. The fourth-order valence-corrected chi connectivity index (χ4v) is 5.09. The van der Waals surface area contributed by atoms with Gasteiger partial charge in [-0.15, -0.1) is 0 Å². The van der Waals surface area contributed by atoms with Gasteiger partial charge in [-0.3, -0.25) is 4.98 Å². The Kier molecular flexibility index (Phi) is 9.10. The van der Waals surface area contributed by atoms with Crippen LogP contribution in [0, 0.1) is 6.92 Å². The number of methoxy groups -OCH3 is 1. The standard InChI is InChI=1S/C31H44N8O3/c1-10-38(14-13-37(7)8)25-16-26(41-9)23(15-22(25)32)35-30-33-17-21(29(40)42-19(2)3)28(36-30)39-18-31(5,6)27-24(39)12-11-20(4)34-27/h11-12,15-17,19H,10,13-14,18,32H2,1-9H3,(H,33,35,36). The zero-order valence-electron chi connectivity index (χ0n) is 26.3. The molecule has 0 aliphatic carbocycles. The van der Waals surface area contributed by atoms with Crippen molar-refractivity contribution in [3.05, 3.63) is 47.4 Å². The summed E-state index contributed by atoms with van der Waals surface area (Å²) in [5.74, 6) is 0.854. The number of carbonyl (C=O) groups excluding carboxylic acids is 1. The minimum Gasteiger partial charge on any atom is -0.494 e. The molecule has 0 spiro atoms. The molecule has 0 saturated heterocycles. The van der Waals surface area contributed by atoms with Crippen LogP contribution in [0.4, 0.5) is 34.5 Å². The topological polar surface area (TPSA) is 122 Å². The smallest absolute Gasteiger partial charge is 0.343 e. The van der Waals surface area contributed by atoms with E-state index in [1.165, 1.54) is 6.20 Å². The summed E-state index contributed by atoms with van der Waals surface area (Å²) in [6, 6.07) is 7.75. The first-order chi connectivity index (χ1) is 19.8. The van der Waals surface area contributed by atoms with Crippen molar-refractivity contribution < 1.29 is 14.3 Å². The van der Waals surface area contributed by atoms with Gasteiger partial charge in [0.15, 0.2) is 5.82 Å². The Hall–Kier alpha value is -4.12. The second-order valence-corrected chi connectivity index (χ2v) is 11.8. The number of anilines is 6. The maximum Gasteiger partial charge on any atom is 0.343 e. The fourth-order valence-electron chi connectivity index (χ4n) is 5.09. The third-order valence-corrected chi connectivity index (χ3v) is 7.22. The molecule has 2 aromatic heterocycles. The number of likely N-dealkylation sites (N-methyl/N-ethyl adjacent to an activating group) is 2. The van der Waals surface area contributed by atoms with Crippen molar-refractivity contribution in [2.24, 2.45) is 0 Å². The van der Waals surface area contributed by atoms with Crippen LogP contribution in [-0.2, 0) is 10.2 Å². The lowest BCUT2D eigenvalue weighted by atomic mass is 9.91. The predicted molar refractivity (Wildman–Crippen MR) is 169 cm³/mol. The molecule has 1 aromatic carbocycles. The Labute approximate surface area is 249 Å². The lowest BCUT2D eigenvalue weighted by Gasteiger charge is -2.27. The number of esters is 1. The van der Waals surface area contributed by atoms with Crippen molar-refractivity contribution in [3.8, 4) is 5.75 Å². The van der Waals surface area contributed by atoms with Crippen molar-refractivity contribution in [3.63, 3.8) is 0 Å². The third-order valence-electron chi connectivity index (χ3n) is 7.22. The van der Waals surface area contributed by atoms with Crippen molar-refractivity contribution in [1.29, 1.82) is 0 Å². The molecule has 11 nitrogen and oxygen atoms in total. The van der Waals surface area contributed by atoms with Crippen LogP contribution in [0.3, 0.4) is 0 Å². The van der Waals surface area contributed by atoms with Gasteiger partial charge in [-0.1, -0.05) is 13.8 Å². The molecule has 0 atom stereocenters. The van der Waals surface area contributed by atoms with Gasteiger partial charge < -0.3 is 35.2 Å². The number of nitrogens with two attached hydrogens (primary N) is 1. The molecule has 11 heteroatoms. The van der Waals surface area contributed by atoms with Crippen LogP contribution in [0.1, 0.15) is 56.4 Å². The number of nitrogen functional groups attached to an aromatic ring is 1. The molecule has 226 valence electrons. The van der Waals surface area contributed by atoms with Gasteiger partial charge in [-0.05, 0) is 60.0 Å². The molecule has 0 fully saturated rings. The average Bonchev–Trinajstić information content (AvgIpc) is 3.19. The lowest BCUT2D eigenvalue weighted by Crippen LogP contribution is -2.32. The third kappa shape index (κ3) is 6.51. The van der Waals surface area contributed by atoms with E-state index < -0.39 is 5.97 Å². The zero-order valence-corrected chi connectivity index (χ0v) is 26.3.